The lowest BCUT2D eigenvalue weighted by molar-refractivity contribution is 0.358. The van der Waals surface area contributed by atoms with Gasteiger partial charge < -0.3 is 4.52 Å². The van der Waals surface area contributed by atoms with E-state index < -0.39 is 11.2 Å². The third kappa shape index (κ3) is 2.70. The van der Waals surface area contributed by atoms with Crippen molar-refractivity contribution in [1.29, 1.82) is 0 Å². The van der Waals surface area contributed by atoms with Crippen LogP contribution in [0.4, 0.5) is 0 Å². The Morgan fingerprint density at radius 2 is 1.88 bits per heavy atom. The first-order valence-corrected chi connectivity index (χ1v) is 8.22. The van der Waals surface area contributed by atoms with Crippen molar-refractivity contribution in [3.63, 3.8) is 0 Å². The molecule has 3 aromatic heterocycles. The van der Waals surface area contributed by atoms with Crippen LogP contribution in [0.25, 0.3) is 11.2 Å². The van der Waals surface area contributed by atoms with E-state index >= 15 is 0 Å². The Morgan fingerprint density at radius 1 is 1.17 bits per heavy atom. The van der Waals surface area contributed by atoms with E-state index in [-0.39, 0.29) is 12.1 Å². The Bertz CT molecular complexity index is 1030. The van der Waals surface area contributed by atoms with E-state index in [1.54, 1.807) is 11.6 Å². The molecule has 0 unspecified atom stereocenters. The summed E-state index contributed by atoms with van der Waals surface area (Å²) >= 11 is 3.33. The SMILES string of the molecule is CC(C)Cc1nc(Cn2c(Br)nc3c(=O)n(C)c(=O)n(C)c32)no1. The first-order valence-electron chi connectivity index (χ1n) is 7.42. The predicted molar refractivity (Wildman–Crippen MR) is 89.9 cm³/mol. The Kier molecular flexibility index (Phi) is 4.16. The molecule has 3 aromatic rings. The van der Waals surface area contributed by atoms with Gasteiger partial charge >= 0.3 is 5.69 Å². The molecule has 3 heterocycles. The number of hydrogen-bond donors (Lipinski definition) is 0. The van der Waals surface area contributed by atoms with Crippen LogP contribution < -0.4 is 11.2 Å². The van der Waals surface area contributed by atoms with Gasteiger partial charge in [0.15, 0.2) is 21.7 Å². The van der Waals surface area contributed by atoms with Crippen LogP contribution in [0.5, 0.6) is 0 Å². The van der Waals surface area contributed by atoms with Crippen LogP contribution in [-0.4, -0.2) is 28.8 Å². The molecule has 0 spiro atoms. The number of rotatable bonds is 4. The van der Waals surface area contributed by atoms with Gasteiger partial charge in [-0.25, -0.2) is 9.78 Å². The molecule has 128 valence electrons. The fraction of sp³-hybridized carbons (Fsp3) is 0.500. The Morgan fingerprint density at radius 3 is 2.54 bits per heavy atom. The zero-order valence-corrected chi connectivity index (χ0v) is 15.4. The van der Waals surface area contributed by atoms with E-state index in [1.165, 1.54) is 11.6 Å². The fourth-order valence-corrected chi connectivity index (χ4v) is 3.00. The Balaban J connectivity index is 2.10. The molecule has 0 aromatic carbocycles. The summed E-state index contributed by atoms with van der Waals surface area (Å²) in [5, 5.41) is 3.96. The molecular formula is C14H17BrN6O3. The fourth-order valence-electron chi connectivity index (χ4n) is 2.53. The molecule has 9 nitrogen and oxygen atoms in total. The molecule has 0 radical (unpaired) electrons. The maximum absolute atomic E-state index is 12.2. The van der Waals surface area contributed by atoms with Gasteiger partial charge in [-0.05, 0) is 21.8 Å². The van der Waals surface area contributed by atoms with Crippen molar-refractivity contribution in [2.24, 2.45) is 20.0 Å². The highest BCUT2D eigenvalue weighted by Gasteiger charge is 2.19. The van der Waals surface area contributed by atoms with Gasteiger partial charge in [0.05, 0.1) is 6.54 Å². The number of nitrogens with zero attached hydrogens (tertiary/aromatic N) is 6. The van der Waals surface area contributed by atoms with Gasteiger partial charge in [0, 0.05) is 20.5 Å². The summed E-state index contributed by atoms with van der Waals surface area (Å²) in [4.78, 5) is 33.0. The third-order valence-corrected chi connectivity index (χ3v) is 4.29. The van der Waals surface area contributed by atoms with E-state index in [4.69, 9.17) is 4.52 Å². The highest BCUT2D eigenvalue weighted by molar-refractivity contribution is 9.10. The molecule has 0 aliphatic carbocycles. The van der Waals surface area contributed by atoms with Crippen molar-refractivity contribution >= 4 is 27.1 Å². The second-order valence-electron chi connectivity index (χ2n) is 6.05. The largest absolute Gasteiger partial charge is 0.339 e. The molecule has 0 aliphatic heterocycles. The molecule has 0 N–H and O–H groups in total. The Hall–Kier alpha value is -2.23. The van der Waals surface area contributed by atoms with E-state index in [0.717, 1.165) is 4.57 Å². The smallest absolute Gasteiger partial charge is 0.332 e. The standard InChI is InChI=1S/C14H17BrN6O3/c1-7(2)5-9-16-8(18-24-9)6-21-11-10(17-13(21)15)12(22)20(4)14(23)19(11)3/h7H,5-6H2,1-4H3. The Labute approximate surface area is 145 Å². The van der Waals surface area contributed by atoms with Crippen LogP contribution in [0.1, 0.15) is 25.6 Å². The van der Waals surface area contributed by atoms with Gasteiger partial charge in [-0.1, -0.05) is 19.0 Å². The number of halogens is 1. The van der Waals surface area contributed by atoms with Crippen LogP contribution in [0.2, 0.25) is 0 Å². The summed E-state index contributed by atoms with van der Waals surface area (Å²) in [6.45, 7) is 4.36. The van der Waals surface area contributed by atoms with Crippen molar-refractivity contribution in [2.45, 2.75) is 26.8 Å². The molecule has 0 amide bonds. The summed E-state index contributed by atoms with van der Waals surface area (Å²) in [6, 6.07) is 0. The molecule has 0 saturated heterocycles. The lowest BCUT2D eigenvalue weighted by atomic mass is 10.1. The molecule has 0 bridgehead atoms. The summed E-state index contributed by atoms with van der Waals surface area (Å²) in [5.74, 6) is 1.42. The molecule has 0 aliphatic rings. The first-order chi connectivity index (χ1) is 11.3. The molecule has 10 heteroatoms. The van der Waals surface area contributed by atoms with Gasteiger partial charge in [-0.2, -0.15) is 4.98 Å². The van der Waals surface area contributed by atoms with E-state index in [1.807, 2.05) is 0 Å². The normalized spacial score (nSPS) is 11.8. The minimum absolute atomic E-state index is 0.206. The van der Waals surface area contributed by atoms with Gasteiger partial charge in [-0.15, -0.1) is 0 Å². The summed E-state index contributed by atoms with van der Waals surface area (Å²) in [6.07, 6.45) is 0.692. The topological polar surface area (TPSA) is 101 Å². The van der Waals surface area contributed by atoms with Gasteiger partial charge in [0.1, 0.15) is 0 Å². The second kappa shape index (κ2) is 6.00. The number of imidazole rings is 1. The van der Waals surface area contributed by atoms with Crippen LogP contribution in [-0.2, 0) is 27.1 Å². The minimum atomic E-state index is -0.443. The van der Waals surface area contributed by atoms with Gasteiger partial charge in [0.2, 0.25) is 5.89 Å². The number of aromatic nitrogens is 6. The maximum Gasteiger partial charge on any atom is 0.332 e. The molecule has 3 rings (SSSR count). The average Bonchev–Trinajstić information content (AvgIpc) is 3.08. The van der Waals surface area contributed by atoms with Crippen molar-refractivity contribution in [2.75, 3.05) is 0 Å². The second-order valence-corrected chi connectivity index (χ2v) is 6.76. The highest BCUT2D eigenvalue weighted by atomic mass is 79.9. The maximum atomic E-state index is 12.2. The van der Waals surface area contributed by atoms with Crippen molar-refractivity contribution < 1.29 is 4.52 Å². The van der Waals surface area contributed by atoms with Crippen molar-refractivity contribution in [3.8, 4) is 0 Å². The number of fused-ring (bicyclic) bond motifs is 1. The summed E-state index contributed by atoms with van der Waals surface area (Å²) in [7, 11) is 3.02. The van der Waals surface area contributed by atoms with E-state index in [9.17, 15) is 9.59 Å². The zero-order valence-electron chi connectivity index (χ0n) is 13.8. The zero-order chi connectivity index (χ0) is 17.6. The van der Waals surface area contributed by atoms with Crippen molar-refractivity contribution in [1.82, 2.24) is 28.8 Å². The lowest BCUT2D eigenvalue weighted by Gasteiger charge is -2.07. The first kappa shape index (κ1) is 16.6. The average molecular weight is 397 g/mol. The lowest BCUT2D eigenvalue weighted by Crippen LogP contribution is -2.37. The summed E-state index contributed by atoms with van der Waals surface area (Å²) < 4.78 is 9.73. The molecule has 0 fully saturated rings. The van der Waals surface area contributed by atoms with Gasteiger partial charge in [0.25, 0.3) is 5.56 Å². The molecule has 0 atom stereocenters. The van der Waals surface area contributed by atoms with Gasteiger partial charge in [-0.3, -0.25) is 18.5 Å². The van der Waals surface area contributed by atoms with Crippen LogP contribution in [0.15, 0.2) is 18.8 Å². The van der Waals surface area contributed by atoms with Crippen LogP contribution in [0, 0.1) is 5.92 Å². The number of aryl methyl sites for hydroxylation is 1. The van der Waals surface area contributed by atoms with E-state index in [2.05, 4.69) is 44.9 Å². The molecule has 24 heavy (non-hydrogen) atoms. The minimum Gasteiger partial charge on any atom is -0.339 e. The monoisotopic (exact) mass is 396 g/mol. The van der Waals surface area contributed by atoms with Crippen molar-refractivity contribution in [3.05, 3.63) is 37.3 Å². The third-order valence-electron chi connectivity index (χ3n) is 3.69. The molecule has 0 saturated carbocycles. The summed E-state index contributed by atoms with van der Waals surface area (Å²) in [5.41, 5.74) is -0.251. The highest BCUT2D eigenvalue weighted by Crippen LogP contribution is 2.18. The van der Waals surface area contributed by atoms with Crippen LogP contribution >= 0.6 is 15.9 Å². The molecular weight excluding hydrogens is 380 g/mol. The quantitative estimate of drug-likeness (QED) is 0.605. The number of hydrogen-bond acceptors (Lipinski definition) is 6. The predicted octanol–water partition coefficient (Wildman–Crippen LogP) is 0.826. The van der Waals surface area contributed by atoms with E-state index in [0.29, 0.717) is 34.4 Å². The van der Waals surface area contributed by atoms with Crippen LogP contribution in [0.3, 0.4) is 0 Å².